The van der Waals surface area contributed by atoms with Gasteiger partial charge in [0.05, 0.1) is 12.1 Å². The molecular weight excluding hydrogens is 247 g/mol. The van der Waals surface area contributed by atoms with Crippen molar-refractivity contribution >= 4 is 17.3 Å². The Labute approximate surface area is 102 Å². The largest absolute Gasteiger partial charge is 0.418 e. The molecule has 0 aliphatic rings. The van der Waals surface area contributed by atoms with E-state index in [0.717, 1.165) is 6.07 Å². The van der Waals surface area contributed by atoms with Crippen LogP contribution in [0, 0.1) is 0 Å². The number of benzene rings is 1. The van der Waals surface area contributed by atoms with Crippen LogP contribution in [0.5, 0.6) is 0 Å². The summed E-state index contributed by atoms with van der Waals surface area (Å²) in [5, 5.41) is 0. The Hall–Kier alpha value is -1.92. The number of primary amides is 1. The molecule has 100 valence electrons. The maximum atomic E-state index is 12.7. The van der Waals surface area contributed by atoms with Crippen LogP contribution in [-0.2, 0) is 11.0 Å². The molecule has 0 spiro atoms. The van der Waals surface area contributed by atoms with Crippen LogP contribution in [0.1, 0.15) is 12.5 Å². The molecule has 7 heteroatoms. The van der Waals surface area contributed by atoms with Gasteiger partial charge in [-0.15, -0.1) is 0 Å². The standard InChI is InChI=1S/C11H14F3N3O/c1-2-17(6-10(16)18)7-3-4-9(15)8(5-7)11(12,13)14/h3-5H,2,6,15H2,1H3,(H2,16,18). The summed E-state index contributed by atoms with van der Waals surface area (Å²) in [5.41, 5.74) is 9.32. The molecule has 0 aliphatic carbocycles. The second-order valence-electron chi connectivity index (χ2n) is 3.75. The molecule has 1 aromatic carbocycles. The van der Waals surface area contributed by atoms with Crippen molar-refractivity contribution in [2.75, 3.05) is 23.7 Å². The Balaban J connectivity index is 3.14. The van der Waals surface area contributed by atoms with Crippen LogP contribution in [0.2, 0.25) is 0 Å². The first-order chi connectivity index (χ1) is 8.25. The first kappa shape index (κ1) is 14.1. The highest BCUT2D eigenvalue weighted by molar-refractivity contribution is 5.79. The van der Waals surface area contributed by atoms with Crippen LogP contribution >= 0.6 is 0 Å². The Morgan fingerprint density at radius 3 is 2.44 bits per heavy atom. The molecule has 0 aliphatic heterocycles. The highest BCUT2D eigenvalue weighted by Gasteiger charge is 2.33. The van der Waals surface area contributed by atoms with Crippen molar-refractivity contribution in [3.63, 3.8) is 0 Å². The number of likely N-dealkylation sites (N-methyl/N-ethyl adjacent to an activating group) is 1. The Morgan fingerprint density at radius 1 is 1.39 bits per heavy atom. The van der Waals surface area contributed by atoms with E-state index in [0.29, 0.717) is 6.54 Å². The monoisotopic (exact) mass is 261 g/mol. The Morgan fingerprint density at radius 2 is 2.00 bits per heavy atom. The molecule has 0 fully saturated rings. The third-order valence-corrected chi connectivity index (χ3v) is 2.44. The number of hydrogen-bond donors (Lipinski definition) is 2. The molecular formula is C11H14F3N3O. The smallest absolute Gasteiger partial charge is 0.398 e. The van der Waals surface area contributed by atoms with E-state index in [1.54, 1.807) is 6.92 Å². The van der Waals surface area contributed by atoms with E-state index >= 15 is 0 Å². The minimum absolute atomic E-state index is 0.141. The van der Waals surface area contributed by atoms with Crippen molar-refractivity contribution in [1.82, 2.24) is 0 Å². The van der Waals surface area contributed by atoms with Crippen molar-refractivity contribution < 1.29 is 18.0 Å². The molecule has 0 saturated carbocycles. The summed E-state index contributed by atoms with van der Waals surface area (Å²) in [6.45, 7) is 1.94. The molecule has 0 aromatic heterocycles. The van der Waals surface area contributed by atoms with E-state index < -0.39 is 17.6 Å². The first-order valence-corrected chi connectivity index (χ1v) is 5.25. The number of carbonyl (C=O) groups is 1. The van der Waals surface area contributed by atoms with Crippen LogP contribution in [-0.4, -0.2) is 19.0 Å². The highest BCUT2D eigenvalue weighted by Crippen LogP contribution is 2.35. The first-order valence-electron chi connectivity index (χ1n) is 5.25. The number of halogens is 3. The quantitative estimate of drug-likeness (QED) is 0.808. The normalized spacial score (nSPS) is 11.3. The van der Waals surface area contributed by atoms with Gasteiger partial charge in [-0.1, -0.05) is 0 Å². The fourth-order valence-electron chi connectivity index (χ4n) is 1.56. The predicted molar refractivity (Wildman–Crippen MR) is 62.9 cm³/mol. The van der Waals surface area contributed by atoms with Crippen molar-refractivity contribution in [3.8, 4) is 0 Å². The van der Waals surface area contributed by atoms with Gasteiger partial charge in [0.2, 0.25) is 5.91 Å². The number of amides is 1. The Kier molecular flexibility index (Phi) is 4.05. The summed E-state index contributed by atoms with van der Waals surface area (Å²) in [5.74, 6) is -0.609. The molecule has 0 heterocycles. The summed E-state index contributed by atoms with van der Waals surface area (Å²) >= 11 is 0. The van der Waals surface area contributed by atoms with Gasteiger partial charge in [0.1, 0.15) is 0 Å². The molecule has 0 saturated heterocycles. The number of alkyl halides is 3. The SMILES string of the molecule is CCN(CC(N)=O)c1ccc(N)c(C(F)(F)F)c1. The lowest BCUT2D eigenvalue weighted by molar-refractivity contribution is -0.136. The fourth-order valence-corrected chi connectivity index (χ4v) is 1.56. The van der Waals surface area contributed by atoms with Crippen LogP contribution in [0.25, 0.3) is 0 Å². The van der Waals surface area contributed by atoms with Gasteiger partial charge in [-0.25, -0.2) is 0 Å². The van der Waals surface area contributed by atoms with Gasteiger partial charge < -0.3 is 16.4 Å². The molecule has 0 atom stereocenters. The number of anilines is 2. The van der Waals surface area contributed by atoms with Crippen molar-refractivity contribution in [2.24, 2.45) is 5.73 Å². The zero-order chi connectivity index (χ0) is 13.9. The van der Waals surface area contributed by atoms with Crippen molar-refractivity contribution in [3.05, 3.63) is 23.8 Å². The number of carbonyl (C=O) groups excluding carboxylic acids is 1. The summed E-state index contributed by atoms with van der Waals surface area (Å²) in [7, 11) is 0. The van der Waals surface area contributed by atoms with E-state index in [1.165, 1.54) is 17.0 Å². The van der Waals surface area contributed by atoms with Gasteiger partial charge in [-0.05, 0) is 25.1 Å². The summed E-state index contributed by atoms with van der Waals surface area (Å²) in [6.07, 6.45) is -4.52. The van der Waals surface area contributed by atoms with E-state index in [4.69, 9.17) is 11.5 Å². The lowest BCUT2D eigenvalue weighted by atomic mass is 10.1. The number of hydrogen-bond acceptors (Lipinski definition) is 3. The molecule has 1 rings (SSSR count). The van der Waals surface area contributed by atoms with Crippen molar-refractivity contribution in [1.29, 1.82) is 0 Å². The van der Waals surface area contributed by atoms with Crippen LogP contribution in [0.4, 0.5) is 24.5 Å². The molecule has 4 N–H and O–H groups in total. The predicted octanol–water partition coefficient (Wildman–Crippen LogP) is 1.60. The molecule has 0 unspecified atom stereocenters. The van der Waals surface area contributed by atoms with Gasteiger partial charge in [0.25, 0.3) is 0 Å². The summed E-state index contributed by atoms with van der Waals surface area (Å²) in [6, 6.07) is 3.51. The number of nitrogens with two attached hydrogens (primary N) is 2. The van der Waals surface area contributed by atoms with Crippen LogP contribution in [0.15, 0.2) is 18.2 Å². The minimum Gasteiger partial charge on any atom is -0.398 e. The lowest BCUT2D eigenvalue weighted by Gasteiger charge is -2.23. The fraction of sp³-hybridized carbons (Fsp3) is 0.364. The number of nitrogen functional groups attached to an aromatic ring is 1. The summed E-state index contributed by atoms with van der Waals surface area (Å²) < 4.78 is 38.0. The van der Waals surface area contributed by atoms with E-state index in [1.807, 2.05) is 0 Å². The molecule has 18 heavy (non-hydrogen) atoms. The molecule has 1 amide bonds. The second kappa shape index (κ2) is 5.16. The van der Waals surface area contributed by atoms with E-state index in [9.17, 15) is 18.0 Å². The van der Waals surface area contributed by atoms with Gasteiger partial charge in [0, 0.05) is 17.9 Å². The minimum atomic E-state index is -4.52. The molecule has 1 aromatic rings. The average molecular weight is 261 g/mol. The van der Waals surface area contributed by atoms with Gasteiger partial charge >= 0.3 is 6.18 Å². The Bertz CT molecular complexity index is 446. The third-order valence-electron chi connectivity index (χ3n) is 2.44. The number of nitrogens with zero attached hydrogens (tertiary/aromatic N) is 1. The maximum Gasteiger partial charge on any atom is 0.418 e. The zero-order valence-electron chi connectivity index (χ0n) is 9.79. The van der Waals surface area contributed by atoms with Gasteiger partial charge in [-0.2, -0.15) is 13.2 Å². The lowest BCUT2D eigenvalue weighted by Crippen LogP contribution is -2.33. The maximum absolute atomic E-state index is 12.7. The van der Waals surface area contributed by atoms with E-state index in [-0.39, 0.29) is 17.9 Å². The molecule has 0 radical (unpaired) electrons. The average Bonchev–Trinajstić information content (AvgIpc) is 2.25. The van der Waals surface area contributed by atoms with E-state index in [2.05, 4.69) is 0 Å². The third kappa shape index (κ3) is 3.28. The van der Waals surface area contributed by atoms with Crippen molar-refractivity contribution in [2.45, 2.75) is 13.1 Å². The van der Waals surface area contributed by atoms with Crippen LogP contribution < -0.4 is 16.4 Å². The van der Waals surface area contributed by atoms with Crippen LogP contribution in [0.3, 0.4) is 0 Å². The van der Waals surface area contributed by atoms with Gasteiger partial charge in [-0.3, -0.25) is 4.79 Å². The molecule has 0 bridgehead atoms. The topological polar surface area (TPSA) is 72.3 Å². The molecule has 4 nitrogen and oxygen atoms in total. The number of rotatable bonds is 4. The summed E-state index contributed by atoms with van der Waals surface area (Å²) in [4.78, 5) is 12.3. The second-order valence-corrected chi connectivity index (χ2v) is 3.75. The van der Waals surface area contributed by atoms with Gasteiger partial charge in [0.15, 0.2) is 0 Å². The highest BCUT2D eigenvalue weighted by atomic mass is 19.4. The zero-order valence-corrected chi connectivity index (χ0v) is 9.79.